The first kappa shape index (κ1) is 17.7. The topological polar surface area (TPSA) is 73.0 Å². The Balaban J connectivity index is 1.70. The van der Waals surface area contributed by atoms with Gasteiger partial charge >= 0.3 is 5.97 Å². The maximum absolute atomic E-state index is 12.4. The highest BCUT2D eigenvalue weighted by molar-refractivity contribution is 7.17. The number of nitrogens with one attached hydrogen (secondary N) is 2. The van der Waals surface area contributed by atoms with Crippen LogP contribution in [0.15, 0.2) is 22.8 Å². The van der Waals surface area contributed by atoms with Crippen LogP contribution in [-0.4, -0.2) is 32.6 Å². The van der Waals surface area contributed by atoms with Crippen LogP contribution in [0.2, 0.25) is 0 Å². The number of quaternary nitrogens is 1. The molecule has 0 spiro atoms. The molecule has 25 heavy (non-hydrogen) atoms. The van der Waals surface area contributed by atoms with Gasteiger partial charge in [0.05, 0.1) is 26.0 Å². The van der Waals surface area contributed by atoms with E-state index >= 15 is 0 Å². The number of esters is 1. The molecule has 1 unspecified atom stereocenters. The Kier molecular flexibility index (Phi) is 5.55. The Hall–Kier alpha value is -2.12. The van der Waals surface area contributed by atoms with E-state index in [9.17, 15) is 9.59 Å². The molecule has 0 fully saturated rings. The molecule has 7 heteroatoms. The van der Waals surface area contributed by atoms with Crippen molar-refractivity contribution in [2.24, 2.45) is 0 Å². The second-order valence-electron chi connectivity index (χ2n) is 6.34. The van der Waals surface area contributed by atoms with Crippen molar-refractivity contribution in [3.63, 3.8) is 0 Å². The predicted octanol–water partition coefficient (Wildman–Crippen LogP) is 1.66. The smallest absolute Gasteiger partial charge is 0.341 e. The number of ether oxygens (including phenoxy) is 1. The molecule has 2 heterocycles. The maximum Gasteiger partial charge on any atom is 0.341 e. The van der Waals surface area contributed by atoms with E-state index in [4.69, 9.17) is 9.15 Å². The summed E-state index contributed by atoms with van der Waals surface area (Å²) >= 11 is 1.51. The van der Waals surface area contributed by atoms with Gasteiger partial charge in [0.25, 0.3) is 5.91 Å². The zero-order valence-electron chi connectivity index (χ0n) is 14.5. The SMILES string of the molecule is COC(=O)c1c(NC(=O)C[NH+](C)Cc2ccco2)sc2c1CCCC2. The molecule has 1 aliphatic carbocycles. The molecule has 2 aromatic rings. The van der Waals surface area contributed by atoms with Gasteiger partial charge in [0, 0.05) is 4.88 Å². The fraction of sp³-hybridized carbons (Fsp3) is 0.444. The van der Waals surface area contributed by atoms with E-state index in [2.05, 4.69) is 5.32 Å². The summed E-state index contributed by atoms with van der Waals surface area (Å²) in [6, 6.07) is 3.73. The quantitative estimate of drug-likeness (QED) is 0.766. The van der Waals surface area contributed by atoms with Crippen LogP contribution < -0.4 is 10.2 Å². The normalized spacial score (nSPS) is 14.6. The Morgan fingerprint density at radius 3 is 2.88 bits per heavy atom. The summed E-state index contributed by atoms with van der Waals surface area (Å²) in [5, 5.41) is 3.54. The second-order valence-corrected chi connectivity index (χ2v) is 7.45. The van der Waals surface area contributed by atoms with Crippen LogP contribution in [0.1, 0.15) is 39.4 Å². The Morgan fingerprint density at radius 2 is 2.16 bits per heavy atom. The van der Waals surface area contributed by atoms with E-state index in [1.165, 1.54) is 23.3 Å². The number of hydrogen-bond acceptors (Lipinski definition) is 5. The summed E-state index contributed by atoms with van der Waals surface area (Å²) in [6.45, 7) is 0.926. The molecule has 3 rings (SSSR count). The number of carbonyl (C=O) groups excluding carboxylic acids is 2. The Bertz CT molecular complexity index is 751. The number of anilines is 1. The molecule has 0 aromatic carbocycles. The number of methoxy groups -OCH3 is 1. The minimum Gasteiger partial charge on any atom is -0.465 e. The van der Waals surface area contributed by atoms with Gasteiger partial charge in [-0.3, -0.25) is 4.79 Å². The highest BCUT2D eigenvalue weighted by Crippen LogP contribution is 2.38. The number of carbonyl (C=O) groups is 2. The number of likely N-dealkylation sites (N-methyl/N-ethyl adjacent to an activating group) is 1. The summed E-state index contributed by atoms with van der Waals surface area (Å²) < 4.78 is 10.2. The predicted molar refractivity (Wildman–Crippen MR) is 95.1 cm³/mol. The molecule has 0 aliphatic heterocycles. The van der Waals surface area contributed by atoms with Crippen LogP contribution in [-0.2, 0) is 28.9 Å². The second kappa shape index (κ2) is 7.84. The van der Waals surface area contributed by atoms with Crippen molar-refractivity contribution < 1.29 is 23.6 Å². The zero-order chi connectivity index (χ0) is 17.8. The van der Waals surface area contributed by atoms with Gasteiger partial charge in [-0.05, 0) is 43.4 Å². The first-order valence-corrected chi connectivity index (χ1v) is 9.26. The van der Waals surface area contributed by atoms with Gasteiger partial charge in [-0.15, -0.1) is 11.3 Å². The van der Waals surface area contributed by atoms with Crippen LogP contribution in [0, 0.1) is 0 Å². The van der Waals surface area contributed by atoms with Crippen molar-refractivity contribution in [3.05, 3.63) is 40.2 Å². The van der Waals surface area contributed by atoms with Gasteiger partial charge < -0.3 is 19.4 Å². The fourth-order valence-electron chi connectivity index (χ4n) is 3.19. The summed E-state index contributed by atoms with van der Waals surface area (Å²) in [7, 11) is 3.31. The number of amides is 1. The van der Waals surface area contributed by atoms with E-state index < -0.39 is 0 Å². The molecule has 2 aromatic heterocycles. The lowest BCUT2D eigenvalue weighted by Gasteiger charge is -2.13. The van der Waals surface area contributed by atoms with Crippen molar-refractivity contribution in [3.8, 4) is 0 Å². The van der Waals surface area contributed by atoms with Gasteiger partial charge in [0.2, 0.25) is 0 Å². The van der Waals surface area contributed by atoms with Crippen LogP contribution in [0.5, 0.6) is 0 Å². The number of fused-ring (bicyclic) bond motifs is 1. The molecular formula is C18H23N2O4S+. The van der Waals surface area contributed by atoms with Crippen molar-refractivity contribution in [2.75, 3.05) is 26.0 Å². The summed E-state index contributed by atoms with van der Waals surface area (Å²) in [6.07, 6.45) is 5.65. The van der Waals surface area contributed by atoms with Crippen molar-refractivity contribution >= 4 is 28.2 Å². The lowest BCUT2D eigenvalue weighted by atomic mass is 9.95. The number of hydrogen-bond donors (Lipinski definition) is 2. The number of aryl methyl sites for hydroxylation is 1. The fourth-order valence-corrected chi connectivity index (χ4v) is 4.48. The molecule has 134 valence electrons. The van der Waals surface area contributed by atoms with Crippen molar-refractivity contribution in [1.82, 2.24) is 0 Å². The number of furan rings is 1. The maximum atomic E-state index is 12.4. The van der Waals surface area contributed by atoms with Crippen molar-refractivity contribution in [1.29, 1.82) is 0 Å². The van der Waals surface area contributed by atoms with E-state index in [-0.39, 0.29) is 11.9 Å². The number of rotatable bonds is 6. The molecule has 0 saturated carbocycles. The van der Waals surface area contributed by atoms with Crippen molar-refractivity contribution in [2.45, 2.75) is 32.2 Å². The van der Waals surface area contributed by atoms with Gasteiger partial charge in [-0.25, -0.2) is 4.79 Å². The van der Waals surface area contributed by atoms with Crippen LogP contribution in [0.3, 0.4) is 0 Å². The molecule has 1 amide bonds. The summed E-state index contributed by atoms with van der Waals surface area (Å²) in [5.74, 6) is 0.353. The van der Waals surface area contributed by atoms with Gasteiger partial charge in [0.15, 0.2) is 12.3 Å². The van der Waals surface area contributed by atoms with E-state index in [0.717, 1.165) is 41.9 Å². The monoisotopic (exact) mass is 363 g/mol. The average molecular weight is 363 g/mol. The zero-order valence-corrected chi connectivity index (χ0v) is 15.3. The highest BCUT2D eigenvalue weighted by Gasteiger charge is 2.27. The van der Waals surface area contributed by atoms with Gasteiger partial charge in [-0.2, -0.15) is 0 Å². The minimum absolute atomic E-state index is 0.118. The molecule has 1 aliphatic rings. The highest BCUT2D eigenvalue weighted by atomic mass is 32.1. The summed E-state index contributed by atoms with van der Waals surface area (Å²) in [4.78, 5) is 26.8. The van der Waals surface area contributed by atoms with E-state index in [0.29, 0.717) is 23.7 Å². The first-order valence-electron chi connectivity index (χ1n) is 8.45. The minimum atomic E-state index is -0.369. The average Bonchev–Trinajstić information content (AvgIpc) is 3.20. The molecule has 6 nitrogen and oxygen atoms in total. The lowest BCUT2D eigenvalue weighted by molar-refractivity contribution is -0.886. The molecule has 0 bridgehead atoms. The van der Waals surface area contributed by atoms with Crippen LogP contribution in [0.4, 0.5) is 5.00 Å². The summed E-state index contributed by atoms with van der Waals surface area (Å²) in [5.41, 5.74) is 1.59. The molecule has 0 radical (unpaired) electrons. The molecule has 0 saturated heterocycles. The molecule has 2 N–H and O–H groups in total. The third-order valence-electron chi connectivity index (χ3n) is 4.33. The van der Waals surface area contributed by atoms with E-state index in [1.807, 2.05) is 19.2 Å². The third kappa shape index (κ3) is 4.11. The standard InChI is InChI=1S/C18H22N2O4S/c1-20(10-12-6-5-9-24-12)11-15(21)19-17-16(18(22)23-2)13-7-3-4-8-14(13)25-17/h5-6,9H,3-4,7-8,10-11H2,1-2H3,(H,19,21)/p+1. The Morgan fingerprint density at radius 1 is 1.36 bits per heavy atom. The van der Waals surface area contributed by atoms with Crippen LogP contribution >= 0.6 is 11.3 Å². The molecule has 1 atom stereocenters. The largest absolute Gasteiger partial charge is 0.465 e. The first-order chi connectivity index (χ1) is 12.1. The number of thiophene rings is 1. The van der Waals surface area contributed by atoms with Gasteiger partial charge in [-0.1, -0.05) is 0 Å². The lowest BCUT2D eigenvalue weighted by Crippen LogP contribution is -3.08. The van der Waals surface area contributed by atoms with E-state index in [1.54, 1.807) is 6.26 Å². The van der Waals surface area contributed by atoms with Crippen LogP contribution in [0.25, 0.3) is 0 Å². The molecular weight excluding hydrogens is 340 g/mol. The Labute approximate surface area is 150 Å². The van der Waals surface area contributed by atoms with Gasteiger partial charge in [0.1, 0.15) is 11.5 Å². The third-order valence-corrected chi connectivity index (χ3v) is 5.54.